The lowest BCUT2D eigenvalue weighted by Gasteiger charge is -2.04. The summed E-state index contributed by atoms with van der Waals surface area (Å²) in [6.45, 7) is 2.04. The van der Waals surface area contributed by atoms with E-state index in [1.54, 1.807) is 22.8 Å². The molecule has 0 fully saturated rings. The largest absolute Gasteiger partial charge is 0.477 e. The van der Waals surface area contributed by atoms with Crippen LogP contribution in [0.4, 0.5) is 0 Å². The molecule has 1 N–H and O–H groups in total. The number of nitrogens with zero attached hydrogens (tertiary/aromatic N) is 3. The Bertz CT molecular complexity index is 504. The van der Waals surface area contributed by atoms with E-state index in [1.807, 2.05) is 6.92 Å². The summed E-state index contributed by atoms with van der Waals surface area (Å²) in [5, 5.41) is 13.0. The number of hydrogen-bond acceptors (Lipinski definition) is 3. The van der Waals surface area contributed by atoms with Crippen molar-refractivity contribution >= 4 is 11.6 Å². The third-order valence-electron chi connectivity index (χ3n) is 2.16. The molecule has 0 spiro atoms. The minimum Gasteiger partial charge on any atom is -0.477 e. The first-order chi connectivity index (χ1) is 7.22. The summed E-state index contributed by atoms with van der Waals surface area (Å²) in [5.41, 5.74) is 1.54. The minimum absolute atomic E-state index is 0.0754. The maximum absolute atomic E-state index is 10.8. The van der Waals surface area contributed by atoms with Crippen LogP contribution in [0.25, 0.3) is 5.65 Å². The zero-order valence-corrected chi connectivity index (χ0v) is 8.34. The van der Waals surface area contributed by atoms with Gasteiger partial charge in [-0.15, -0.1) is 0 Å². The van der Waals surface area contributed by atoms with E-state index < -0.39 is 5.97 Å². The van der Waals surface area contributed by atoms with E-state index in [4.69, 9.17) is 5.11 Å². The van der Waals surface area contributed by atoms with Crippen molar-refractivity contribution in [2.45, 2.75) is 19.8 Å². The molecule has 0 atom stereocenters. The molecule has 2 aromatic rings. The molecule has 2 heterocycles. The number of aromatic carboxylic acids is 1. The first kappa shape index (κ1) is 9.64. The molecule has 0 aromatic carbocycles. The van der Waals surface area contributed by atoms with Gasteiger partial charge in [0.1, 0.15) is 0 Å². The van der Waals surface area contributed by atoms with Crippen LogP contribution in [0.1, 0.15) is 29.5 Å². The SMILES string of the molecule is CCCc1cc(C(=O)O)nc2ccnn12. The van der Waals surface area contributed by atoms with Crippen LogP contribution < -0.4 is 0 Å². The lowest BCUT2D eigenvalue weighted by molar-refractivity contribution is 0.0690. The lowest BCUT2D eigenvalue weighted by atomic mass is 10.2. The van der Waals surface area contributed by atoms with Crippen LogP contribution in [0, 0.1) is 0 Å². The van der Waals surface area contributed by atoms with Crippen molar-refractivity contribution < 1.29 is 9.90 Å². The Morgan fingerprint density at radius 2 is 2.40 bits per heavy atom. The Morgan fingerprint density at radius 3 is 3.07 bits per heavy atom. The molecule has 0 amide bonds. The molecule has 78 valence electrons. The number of carbonyl (C=O) groups is 1. The van der Waals surface area contributed by atoms with Gasteiger partial charge in [-0.1, -0.05) is 13.3 Å². The van der Waals surface area contributed by atoms with Gasteiger partial charge in [0, 0.05) is 11.8 Å². The Morgan fingerprint density at radius 1 is 1.60 bits per heavy atom. The van der Waals surface area contributed by atoms with Crippen LogP contribution in [-0.4, -0.2) is 25.7 Å². The van der Waals surface area contributed by atoms with Crippen molar-refractivity contribution in [2.24, 2.45) is 0 Å². The molecule has 0 aliphatic carbocycles. The molecule has 0 radical (unpaired) electrons. The zero-order chi connectivity index (χ0) is 10.8. The highest BCUT2D eigenvalue weighted by atomic mass is 16.4. The molecule has 15 heavy (non-hydrogen) atoms. The Hall–Kier alpha value is -1.91. The first-order valence-electron chi connectivity index (χ1n) is 4.79. The van der Waals surface area contributed by atoms with Crippen molar-refractivity contribution in [3.63, 3.8) is 0 Å². The molecule has 0 saturated carbocycles. The lowest BCUT2D eigenvalue weighted by Crippen LogP contribution is -2.07. The van der Waals surface area contributed by atoms with E-state index in [0.717, 1.165) is 18.5 Å². The third kappa shape index (κ3) is 1.68. The van der Waals surface area contributed by atoms with Crippen LogP contribution in [0.3, 0.4) is 0 Å². The number of hydrogen-bond donors (Lipinski definition) is 1. The second-order valence-corrected chi connectivity index (χ2v) is 3.29. The van der Waals surface area contributed by atoms with Crippen molar-refractivity contribution in [1.82, 2.24) is 14.6 Å². The van der Waals surface area contributed by atoms with Crippen molar-refractivity contribution in [2.75, 3.05) is 0 Å². The second kappa shape index (κ2) is 3.68. The van der Waals surface area contributed by atoms with E-state index >= 15 is 0 Å². The summed E-state index contributed by atoms with van der Waals surface area (Å²) in [4.78, 5) is 14.8. The van der Waals surface area contributed by atoms with Crippen LogP contribution in [-0.2, 0) is 6.42 Å². The number of rotatable bonds is 3. The average Bonchev–Trinajstić information content (AvgIpc) is 2.65. The van der Waals surface area contributed by atoms with Gasteiger partial charge in [-0.25, -0.2) is 14.3 Å². The van der Waals surface area contributed by atoms with Crippen molar-refractivity contribution in [3.8, 4) is 0 Å². The van der Waals surface area contributed by atoms with Gasteiger partial charge < -0.3 is 5.11 Å². The van der Waals surface area contributed by atoms with Crippen LogP contribution in [0.5, 0.6) is 0 Å². The fourth-order valence-corrected chi connectivity index (χ4v) is 1.52. The van der Waals surface area contributed by atoms with Gasteiger partial charge in [0.05, 0.1) is 6.20 Å². The van der Waals surface area contributed by atoms with Crippen LogP contribution in [0.2, 0.25) is 0 Å². The Kier molecular flexibility index (Phi) is 2.37. The summed E-state index contributed by atoms with van der Waals surface area (Å²) in [7, 11) is 0. The highest BCUT2D eigenvalue weighted by Crippen LogP contribution is 2.09. The molecule has 0 aliphatic heterocycles. The quantitative estimate of drug-likeness (QED) is 0.821. The van der Waals surface area contributed by atoms with Gasteiger partial charge in [-0.05, 0) is 12.5 Å². The van der Waals surface area contributed by atoms with Gasteiger partial charge in [-0.3, -0.25) is 0 Å². The molecule has 0 saturated heterocycles. The van der Waals surface area contributed by atoms with Crippen molar-refractivity contribution in [1.29, 1.82) is 0 Å². The third-order valence-corrected chi connectivity index (χ3v) is 2.16. The fraction of sp³-hybridized carbons (Fsp3) is 0.300. The summed E-state index contributed by atoms with van der Waals surface area (Å²) < 4.78 is 1.68. The average molecular weight is 205 g/mol. The number of aryl methyl sites for hydroxylation is 1. The van der Waals surface area contributed by atoms with E-state index in [2.05, 4.69) is 10.1 Å². The van der Waals surface area contributed by atoms with Gasteiger partial charge in [-0.2, -0.15) is 5.10 Å². The molecule has 0 unspecified atom stereocenters. The molecule has 5 nitrogen and oxygen atoms in total. The Labute approximate surface area is 86.4 Å². The fourth-order valence-electron chi connectivity index (χ4n) is 1.52. The topological polar surface area (TPSA) is 67.5 Å². The standard InChI is InChI=1S/C10H11N3O2/c1-2-3-7-6-8(10(14)15)12-9-4-5-11-13(7)9/h4-6H,2-3H2,1H3,(H,14,15). The summed E-state index contributed by atoms with van der Waals surface area (Å²) in [6.07, 6.45) is 3.35. The van der Waals surface area contributed by atoms with Crippen molar-refractivity contribution in [3.05, 3.63) is 29.7 Å². The highest BCUT2D eigenvalue weighted by Gasteiger charge is 2.10. The van der Waals surface area contributed by atoms with Crippen LogP contribution in [0.15, 0.2) is 18.3 Å². The number of fused-ring (bicyclic) bond motifs is 1. The number of carboxylic acid groups (broad SMARTS) is 1. The zero-order valence-electron chi connectivity index (χ0n) is 8.34. The normalized spacial score (nSPS) is 10.7. The van der Waals surface area contributed by atoms with E-state index in [0.29, 0.717) is 5.65 Å². The molecule has 2 rings (SSSR count). The van der Waals surface area contributed by atoms with Gasteiger partial charge >= 0.3 is 5.97 Å². The van der Waals surface area contributed by atoms with Gasteiger partial charge in [0.15, 0.2) is 11.3 Å². The maximum atomic E-state index is 10.8. The molecule has 0 aliphatic rings. The molecular weight excluding hydrogens is 194 g/mol. The highest BCUT2D eigenvalue weighted by molar-refractivity contribution is 5.86. The molecular formula is C10H11N3O2. The van der Waals surface area contributed by atoms with E-state index in [9.17, 15) is 4.79 Å². The predicted octanol–water partition coefficient (Wildman–Crippen LogP) is 1.38. The van der Waals surface area contributed by atoms with Gasteiger partial charge in [0.2, 0.25) is 0 Å². The minimum atomic E-state index is -1.00. The monoisotopic (exact) mass is 205 g/mol. The Balaban J connectivity index is 2.63. The molecule has 0 bridgehead atoms. The maximum Gasteiger partial charge on any atom is 0.354 e. The summed E-state index contributed by atoms with van der Waals surface area (Å²) in [6, 6.07) is 3.28. The predicted molar refractivity (Wildman–Crippen MR) is 53.9 cm³/mol. The molecule has 2 aromatic heterocycles. The smallest absolute Gasteiger partial charge is 0.354 e. The number of aromatic nitrogens is 3. The van der Waals surface area contributed by atoms with E-state index in [1.165, 1.54) is 0 Å². The number of carboxylic acids is 1. The van der Waals surface area contributed by atoms with Gasteiger partial charge in [0.25, 0.3) is 0 Å². The summed E-state index contributed by atoms with van der Waals surface area (Å²) >= 11 is 0. The van der Waals surface area contributed by atoms with E-state index in [-0.39, 0.29) is 5.69 Å². The summed E-state index contributed by atoms with van der Waals surface area (Å²) in [5.74, 6) is -1.00. The molecule has 5 heteroatoms. The first-order valence-corrected chi connectivity index (χ1v) is 4.79. The second-order valence-electron chi connectivity index (χ2n) is 3.29. The van der Waals surface area contributed by atoms with Crippen LogP contribution >= 0.6 is 0 Å².